The molecule has 2 N–H and O–H groups in total. The summed E-state index contributed by atoms with van der Waals surface area (Å²) in [7, 11) is 0. The highest BCUT2D eigenvalue weighted by molar-refractivity contribution is 9.10. The third-order valence-electron chi connectivity index (χ3n) is 3.21. The third-order valence-corrected chi connectivity index (χ3v) is 3.83. The fourth-order valence-corrected chi connectivity index (χ4v) is 2.69. The molecule has 1 aromatic rings. The molecule has 0 amide bonds. The molecule has 0 bridgehead atoms. The van der Waals surface area contributed by atoms with Crippen LogP contribution in [-0.2, 0) is 6.61 Å². The van der Waals surface area contributed by atoms with Gasteiger partial charge in [-0.1, -0.05) is 18.9 Å². The maximum atomic E-state index is 10.2. The molecule has 17 heavy (non-hydrogen) atoms. The van der Waals surface area contributed by atoms with E-state index < -0.39 is 5.60 Å². The van der Waals surface area contributed by atoms with Gasteiger partial charge in [0.15, 0.2) is 0 Å². The van der Waals surface area contributed by atoms with Gasteiger partial charge in [0.25, 0.3) is 0 Å². The Bertz CT molecular complexity index is 386. The molecule has 0 spiro atoms. The Labute approximate surface area is 110 Å². The van der Waals surface area contributed by atoms with Crippen LogP contribution in [0.4, 0.5) is 0 Å². The largest absolute Gasteiger partial charge is 0.489 e. The number of benzene rings is 1. The van der Waals surface area contributed by atoms with Gasteiger partial charge in [-0.3, -0.25) is 0 Å². The Kier molecular flexibility index (Phi) is 4.07. The van der Waals surface area contributed by atoms with Crippen molar-refractivity contribution in [3.8, 4) is 5.75 Å². The van der Waals surface area contributed by atoms with Crippen molar-refractivity contribution >= 4 is 15.9 Å². The molecule has 0 radical (unpaired) electrons. The summed E-state index contributed by atoms with van der Waals surface area (Å²) in [6.07, 6.45) is 3.79. The monoisotopic (exact) mass is 300 g/mol. The molecule has 0 atom stereocenters. The van der Waals surface area contributed by atoms with Gasteiger partial charge in [0.1, 0.15) is 12.4 Å². The molecule has 4 heteroatoms. The molecule has 0 aliphatic heterocycles. The first-order chi connectivity index (χ1) is 8.13. The van der Waals surface area contributed by atoms with Gasteiger partial charge < -0.3 is 14.9 Å². The summed E-state index contributed by atoms with van der Waals surface area (Å²) in [5.74, 6) is 0.711. The van der Waals surface area contributed by atoms with Crippen LogP contribution in [0.2, 0.25) is 0 Å². The maximum absolute atomic E-state index is 10.2. The first kappa shape index (κ1) is 12.9. The molecule has 0 aromatic heterocycles. The molecule has 2 rings (SSSR count). The first-order valence-corrected chi connectivity index (χ1v) is 6.67. The summed E-state index contributed by atoms with van der Waals surface area (Å²) in [6.45, 7) is 0.354. The molecule has 3 nitrogen and oxygen atoms in total. The average molecular weight is 301 g/mol. The minimum Gasteiger partial charge on any atom is -0.489 e. The van der Waals surface area contributed by atoms with Crippen molar-refractivity contribution in [3.05, 3.63) is 28.2 Å². The van der Waals surface area contributed by atoms with Crippen molar-refractivity contribution in [3.63, 3.8) is 0 Å². The van der Waals surface area contributed by atoms with E-state index in [1.807, 2.05) is 18.2 Å². The van der Waals surface area contributed by atoms with E-state index in [9.17, 15) is 5.11 Å². The quantitative estimate of drug-likeness (QED) is 0.899. The van der Waals surface area contributed by atoms with Crippen LogP contribution in [0.1, 0.15) is 31.2 Å². The molecule has 0 heterocycles. The summed E-state index contributed by atoms with van der Waals surface area (Å²) < 4.78 is 6.46. The van der Waals surface area contributed by atoms with E-state index in [1.54, 1.807) is 0 Å². The highest BCUT2D eigenvalue weighted by Gasteiger charge is 2.32. The van der Waals surface area contributed by atoms with E-state index in [0.717, 1.165) is 35.7 Å². The van der Waals surface area contributed by atoms with Crippen molar-refractivity contribution in [1.29, 1.82) is 0 Å². The lowest BCUT2D eigenvalue weighted by Gasteiger charge is -2.22. The Morgan fingerprint density at radius 1 is 1.29 bits per heavy atom. The van der Waals surface area contributed by atoms with Crippen molar-refractivity contribution < 1.29 is 14.9 Å². The number of halogens is 1. The normalized spacial score (nSPS) is 18.3. The predicted octanol–water partition coefficient (Wildman–Crippen LogP) is 2.63. The number of rotatable bonds is 4. The molecule has 0 saturated heterocycles. The van der Waals surface area contributed by atoms with E-state index in [-0.39, 0.29) is 6.61 Å². The van der Waals surface area contributed by atoms with E-state index in [4.69, 9.17) is 9.84 Å². The minimum atomic E-state index is -0.658. The van der Waals surface area contributed by atoms with Crippen LogP contribution in [0.15, 0.2) is 22.7 Å². The standard InChI is InChI=1S/C13H17BrO3/c14-11-7-10(8-15)3-4-12(11)17-9-13(16)5-1-2-6-13/h3-4,7,15-16H,1-2,5-6,8-9H2. The average Bonchev–Trinajstić information content (AvgIpc) is 2.75. The molecule has 94 valence electrons. The van der Waals surface area contributed by atoms with E-state index in [1.165, 1.54) is 0 Å². The molecule has 1 aliphatic carbocycles. The van der Waals surface area contributed by atoms with Crippen molar-refractivity contribution in [2.24, 2.45) is 0 Å². The smallest absolute Gasteiger partial charge is 0.133 e. The fourth-order valence-electron chi connectivity index (χ4n) is 2.15. The lowest BCUT2D eigenvalue weighted by atomic mass is 10.0. The highest BCUT2D eigenvalue weighted by atomic mass is 79.9. The van der Waals surface area contributed by atoms with Crippen molar-refractivity contribution in [1.82, 2.24) is 0 Å². The SMILES string of the molecule is OCc1ccc(OCC2(O)CCCC2)c(Br)c1. The zero-order chi connectivity index (χ0) is 12.3. The first-order valence-electron chi connectivity index (χ1n) is 5.87. The minimum absolute atomic E-state index is 0.0167. The van der Waals surface area contributed by atoms with Gasteiger partial charge in [-0.25, -0.2) is 0 Å². The van der Waals surface area contributed by atoms with Gasteiger partial charge >= 0.3 is 0 Å². The molecule has 0 unspecified atom stereocenters. The fraction of sp³-hybridized carbons (Fsp3) is 0.538. The van der Waals surface area contributed by atoms with Gasteiger partial charge in [-0.2, -0.15) is 0 Å². The summed E-state index contributed by atoms with van der Waals surface area (Å²) in [5.41, 5.74) is 0.179. The number of aliphatic hydroxyl groups excluding tert-OH is 1. The molecule has 1 saturated carbocycles. The number of ether oxygens (including phenoxy) is 1. The van der Waals surface area contributed by atoms with E-state index >= 15 is 0 Å². The second-order valence-corrected chi connectivity index (χ2v) is 5.50. The lowest BCUT2D eigenvalue weighted by Crippen LogP contribution is -2.32. The van der Waals surface area contributed by atoms with Crippen LogP contribution in [0.3, 0.4) is 0 Å². The summed E-state index contributed by atoms with van der Waals surface area (Å²) in [4.78, 5) is 0. The Balaban J connectivity index is 1.99. The zero-order valence-electron chi connectivity index (χ0n) is 9.66. The van der Waals surface area contributed by atoms with Gasteiger partial charge in [-0.05, 0) is 46.5 Å². The Hall–Kier alpha value is -0.580. The topological polar surface area (TPSA) is 49.7 Å². The Morgan fingerprint density at radius 2 is 2.00 bits per heavy atom. The van der Waals surface area contributed by atoms with Crippen LogP contribution < -0.4 is 4.74 Å². The van der Waals surface area contributed by atoms with Crippen LogP contribution in [0, 0.1) is 0 Å². The van der Waals surface area contributed by atoms with Gasteiger partial charge in [-0.15, -0.1) is 0 Å². The van der Waals surface area contributed by atoms with Gasteiger partial charge in [0, 0.05) is 0 Å². The second kappa shape index (κ2) is 5.38. The van der Waals surface area contributed by atoms with Crippen LogP contribution in [-0.4, -0.2) is 22.4 Å². The van der Waals surface area contributed by atoms with Gasteiger partial charge in [0.05, 0.1) is 16.7 Å². The van der Waals surface area contributed by atoms with Gasteiger partial charge in [0.2, 0.25) is 0 Å². The summed E-state index contributed by atoms with van der Waals surface area (Å²) in [5, 5.41) is 19.2. The number of aliphatic hydroxyl groups is 2. The van der Waals surface area contributed by atoms with Crippen LogP contribution in [0.25, 0.3) is 0 Å². The molecular formula is C13H17BrO3. The summed E-state index contributed by atoms with van der Waals surface area (Å²) >= 11 is 3.40. The molecular weight excluding hydrogens is 284 g/mol. The second-order valence-electron chi connectivity index (χ2n) is 4.64. The number of hydrogen-bond donors (Lipinski definition) is 2. The van der Waals surface area contributed by atoms with Crippen LogP contribution >= 0.6 is 15.9 Å². The molecule has 1 fully saturated rings. The highest BCUT2D eigenvalue weighted by Crippen LogP contribution is 2.32. The van der Waals surface area contributed by atoms with Crippen molar-refractivity contribution in [2.75, 3.05) is 6.61 Å². The molecule has 1 aliphatic rings. The van der Waals surface area contributed by atoms with E-state index in [0.29, 0.717) is 12.4 Å². The third kappa shape index (κ3) is 3.21. The molecule has 1 aromatic carbocycles. The predicted molar refractivity (Wildman–Crippen MR) is 69.0 cm³/mol. The summed E-state index contributed by atoms with van der Waals surface area (Å²) in [6, 6.07) is 5.46. The zero-order valence-corrected chi connectivity index (χ0v) is 11.2. The van der Waals surface area contributed by atoms with Crippen molar-refractivity contribution in [2.45, 2.75) is 37.9 Å². The van der Waals surface area contributed by atoms with E-state index in [2.05, 4.69) is 15.9 Å². The number of hydrogen-bond acceptors (Lipinski definition) is 3. The lowest BCUT2D eigenvalue weighted by molar-refractivity contribution is 0.00117. The van der Waals surface area contributed by atoms with Crippen LogP contribution in [0.5, 0.6) is 5.75 Å². The Morgan fingerprint density at radius 3 is 2.59 bits per heavy atom. The maximum Gasteiger partial charge on any atom is 0.133 e.